The van der Waals surface area contributed by atoms with Gasteiger partial charge in [0.25, 0.3) is 5.97 Å². The van der Waals surface area contributed by atoms with Crippen molar-refractivity contribution in [3.8, 4) is 0 Å². The molecule has 0 aromatic rings. The average Bonchev–Trinajstić information content (AvgIpc) is 2.35. The molecule has 0 saturated carbocycles. The molecule has 0 aromatic carbocycles. The zero-order valence-electron chi connectivity index (χ0n) is 12.8. The third-order valence-corrected chi connectivity index (χ3v) is 4.69. The Morgan fingerprint density at radius 2 is 1.68 bits per heavy atom. The largest absolute Gasteiger partial charge is 0.750 e. The second-order valence-corrected chi connectivity index (χ2v) is 7.18. The Labute approximate surface area is 117 Å². The molecule has 0 fully saturated rings. The van der Waals surface area contributed by atoms with Gasteiger partial charge in [-0.05, 0) is 32.6 Å². The van der Waals surface area contributed by atoms with Crippen LogP contribution < -0.4 is 0 Å². The van der Waals surface area contributed by atoms with Gasteiger partial charge in [0.1, 0.15) is 0 Å². The number of carbonyl (C=O) groups excluding carboxylic acids is 1. The van der Waals surface area contributed by atoms with Crippen LogP contribution >= 0.6 is 0 Å². The molecule has 6 heteroatoms. The number of allylic oxidation sites excluding steroid dienone is 2. The van der Waals surface area contributed by atoms with Crippen LogP contribution in [0.4, 0.5) is 0 Å². The Bertz CT molecular complexity index is 287. The van der Waals surface area contributed by atoms with Gasteiger partial charge < -0.3 is 17.7 Å². The van der Waals surface area contributed by atoms with E-state index in [1.807, 2.05) is 6.92 Å². The van der Waals surface area contributed by atoms with Gasteiger partial charge in [0, 0.05) is 27.8 Å². The minimum Gasteiger partial charge on any atom is -0.452 e. The molecule has 19 heavy (non-hydrogen) atoms. The summed E-state index contributed by atoms with van der Waals surface area (Å²) in [7, 11) is 0.965. The summed E-state index contributed by atoms with van der Waals surface area (Å²) in [5.41, 5.74) is 1.29. The standard InChI is InChI=1S/C13H26O5Si/c1-11(2)8-7-9-12(3)10-13(14)18-19(15-4,16-5)17-6/h8,12H,7,9-10H2,1-6H3. The molecule has 0 spiro atoms. The number of hydrogen-bond acceptors (Lipinski definition) is 5. The maximum atomic E-state index is 11.8. The third kappa shape index (κ3) is 7.46. The lowest BCUT2D eigenvalue weighted by atomic mass is 10.0. The van der Waals surface area contributed by atoms with Crippen LogP contribution in [0.15, 0.2) is 11.6 Å². The van der Waals surface area contributed by atoms with Crippen LogP contribution in [-0.2, 0) is 22.5 Å². The van der Waals surface area contributed by atoms with Gasteiger partial charge in [-0.25, -0.2) is 0 Å². The van der Waals surface area contributed by atoms with E-state index in [-0.39, 0.29) is 11.9 Å². The van der Waals surface area contributed by atoms with E-state index >= 15 is 0 Å². The molecule has 5 nitrogen and oxygen atoms in total. The summed E-state index contributed by atoms with van der Waals surface area (Å²) in [5, 5.41) is 0. The molecule has 1 unspecified atom stereocenters. The highest BCUT2D eigenvalue weighted by atomic mass is 28.4. The quantitative estimate of drug-likeness (QED) is 0.483. The maximum absolute atomic E-state index is 11.8. The van der Waals surface area contributed by atoms with E-state index in [4.69, 9.17) is 17.7 Å². The maximum Gasteiger partial charge on any atom is 0.750 e. The van der Waals surface area contributed by atoms with Crippen LogP contribution in [0.3, 0.4) is 0 Å². The third-order valence-electron chi connectivity index (χ3n) is 2.72. The molecular weight excluding hydrogens is 264 g/mol. The summed E-state index contributed by atoms with van der Waals surface area (Å²) in [4.78, 5) is 11.8. The lowest BCUT2D eigenvalue weighted by Gasteiger charge is -2.22. The molecule has 0 N–H and O–H groups in total. The van der Waals surface area contributed by atoms with Crippen molar-refractivity contribution in [2.45, 2.75) is 40.0 Å². The minimum atomic E-state index is -3.26. The molecule has 0 aliphatic carbocycles. The summed E-state index contributed by atoms with van der Waals surface area (Å²) >= 11 is 0. The van der Waals surface area contributed by atoms with Crippen molar-refractivity contribution in [3.05, 3.63) is 11.6 Å². The summed E-state index contributed by atoms with van der Waals surface area (Å²) in [6.07, 6.45) is 4.42. The summed E-state index contributed by atoms with van der Waals surface area (Å²) in [6.45, 7) is 6.15. The zero-order valence-corrected chi connectivity index (χ0v) is 13.8. The van der Waals surface area contributed by atoms with Crippen molar-refractivity contribution in [1.29, 1.82) is 0 Å². The molecule has 112 valence electrons. The van der Waals surface area contributed by atoms with E-state index in [0.717, 1.165) is 12.8 Å². The van der Waals surface area contributed by atoms with Crippen molar-refractivity contribution in [2.24, 2.45) is 5.92 Å². The first-order valence-corrected chi connectivity index (χ1v) is 8.03. The molecule has 0 rings (SSSR count). The van der Waals surface area contributed by atoms with E-state index in [9.17, 15) is 4.79 Å². The first-order chi connectivity index (χ1) is 8.89. The predicted octanol–water partition coefficient (Wildman–Crippen LogP) is 2.68. The van der Waals surface area contributed by atoms with Gasteiger partial charge in [-0.1, -0.05) is 18.6 Å². The highest BCUT2D eigenvalue weighted by Crippen LogP contribution is 2.16. The number of carbonyl (C=O) groups is 1. The summed E-state index contributed by atoms with van der Waals surface area (Å²) in [5.74, 6) is -0.0951. The Morgan fingerprint density at radius 3 is 2.11 bits per heavy atom. The summed E-state index contributed by atoms with van der Waals surface area (Å²) < 4.78 is 20.3. The van der Waals surface area contributed by atoms with Crippen molar-refractivity contribution >= 4 is 15.0 Å². The molecule has 0 saturated heterocycles. The van der Waals surface area contributed by atoms with Gasteiger partial charge in [-0.2, -0.15) is 0 Å². The Balaban J connectivity index is 4.19. The SMILES string of the molecule is CO[Si](OC)(OC)OC(=O)CC(C)CCC=C(C)C. The van der Waals surface area contributed by atoms with Crippen molar-refractivity contribution in [1.82, 2.24) is 0 Å². The Hall–Kier alpha value is -0.693. The second-order valence-electron chi connectivity index (χ2n) is 4.75. The zero-order chi connectivity index (χ0) is 14.9. The van der Waals surface area contributed by atoms with Crippen molar-refractivity contribution in [2.75, 3.05) is 21.3 Å². The van der Waals surface area contributed by atoms with Gasteiger partial charge in [0.15, 0.2) is 0 Å². The van der Waals surface area contributed by atoms with Gasteiger partial charge in [0.05, 0.1) is 0 Å². The van der Waals surface area contributed by atoms with Gasteiger partial charge in [0.2, 0.25) is 0 Å². The molecular formula is C13H26O5Si. The molecule has 0 amide bonds. The molecule has 0 radical (unpaired) electrons. The Kier molecular flexibility index (Phi) is 8.91. The van der Waals surface area contributed by atoms with Crippen LogP contribution in [-0.4, -0.2) is 36.3 Å². The van der Waals surface area contributed by atoms with Crippen LogP contribution in [0.2, 0.25) is 0 Å². The van der Waals surface area contributed by atoms with E-state index in [1.54, 1.807) is 0 Å². The Morgan fingerprint density at radius 1 is 1.16 bits per heavy atom. The summed E-state index contributed by atoms with van der Waals surface area (Å²) in [6, 6.07) is 0. The fourth-order valence-corrected chi connectivity index (χ4v) is 2.71. The molecule has 1 atom stereocenters. The van der Waals surface area contributed by atoms with Gasteiger partial charge in [-0.15, -0.1) is 0 Å². The second kappa shape index (κ2) is 9.25. The van der Waals surface area contributed by atoms with Gasteiger partial charge >= 0.3 is 9.05 Å². The number of hydrogen-bond donors (Lipinski definition) is 0. The predicted molar refractivity (Wildman–Crippen MR) is 75.3 cm³/mol. The van der Waals surface area contributed by atoms with E-state index in [0.29, 0.717) is 6.42 Å². The topological polar surface area (TPSA) is 54.0 Å². The number of rotatable bonds is 9. The fraction of sp³-hybridized carbons (Fsp3) is 0.769. The lowest BCUT2D eigenvalue weighted by molar-refractivity contribution is -0.143. The molecule has 0 bridgehead atoms. The van der Waals surface area contributed by atoms with E-state index < -0.39 is 9.05 Å². The highest BCUT2D eigenvalue weighted by Gasteiger charge is 2.46. The molecule has 0 heterocycles. The molecule has 0 aliphatic rings. The van der Waals surface area contributed by atoms with E-state index in [1.165, 1.54) is 26.9 Å². The smallest absolute Gasteiger partial charge is 0.452 e. The highest BCUT2D eigenvalue weighted by molar-refractivity contribution is 6.55. The first kappa shape index (κ1) is 18.3. The normalized spacial score (nSPS) is 12.9. The monoisotopic (exact) mass is 290 g/mol. The molecule has 0 aromatic heterocycles. The average molecular weight is 290 g/mol. The minimum absolute atomic E-state index is 0.250. The van der Waals surface area contributed by atoms with Gasteiger partial charge in [-0.3, -0.25) is 4.79 Å². The first-order valence-electron chi connectivity index (χ1n) is 6.39. The van der Waals surface area contributed by atoms with Crippen molar-refractivity contribution in [3.63, 3.8) is 0 Å². The van der Waals surface area contributed by atoms with Crippen LogP contribution in [0.1, 0.15) is 40.0 Å². The lowest BCUT2D eigenvalue weighted by Crippen LogP contribution is -2.48. The van der Waals surface area contributed by atoms with Crippen LogP contribution in [0.25, 0.3) is 0 Å². The van der Waals surface area contributed by atoms with Crippen molar-refractivity contribution < 1.29 is 22.5 Å². The van der Waals surface area contributed by atoms with Crippen LogP contribution in [0, 0.1) is 5.92 Å². The molecule has 0 aliphatic heterocycles. The fourth-order valence-electron chi connectivity index (χ4n) is 1.60. The van der Waals surface area contributed by atoms with Crippen LogP contribution in [0.5, 0.6) is 0 Å². The van der Waals surface area contributed by atoms with E-state index in [2.05, 4.69) is 19.9 Å².